The van der Waals surface area contributed by atoms with Gasteiger partial charge in [-0.2, -0.15) is 0 Å². The van der Waals surface area contributed by atoms with E-state index in [2.05, 4.69) is 5.32 Å². The summed E-state index contributed by atoms with van der Waals surface area (Å²) in [5.41, 5.74) is 0. The fourth-order valence-corrected chi connectivity index (χ4v) is 2.38. The maximum absolute atomic E-state index is 11.5. The average Bonchev–Trinajstić information content (AvgIpc) is 2.49. The molecule has 0 aromatic heterocycles. The van der Waals surface area contributed by atoms with Gasteiger partial charge in [0.2, 0.25) is 0 Å². The van der Waals surface area contributed by atoms with Crippen LogP contribution in [0.25, 0.3) is 0 Å². The molecule has 1 amide bonds. The highest BCUT2D eigenvalue weighted by Crippen LogP contribution is 2.20. The molecule has 0 bridgehead atoms. The second-order valence-corrected chi connectivity index (χ2v) is 5.11. The number of para-hydroxylation sites is 1. The van der Waals surface area contributed by atoms with Crippen LogP contribution in [0.4, 0.5) is 4.79 Å². The molecule has 1 aromatic rings. The molecular weight excluding hydrogens is 254 g/mol. The minimum atomic E-state index is -0.408. The van der Waals surface area contributed by atoms with Gasteiger partial charge < -0.3 is 14.8 Å². The maximum Gasteiger partial charge on any atom is 0.412 e. The van der Waals surface area contributed by atoms with Gasteiger partial charge in [-0.1, -0.05) is 37.5 Å². The van der Waals surface area contributed by atoms with E-state index in [4.69, 9.17) is 9.47 Å². The first kappa shape index (κ1) is 14.9. The summed E-state index contributed by atoms with van der Waals surface area (Å²) < 4.78 is 10.9. The Morgan fingerprint density at radius 3 is 2.65 bits per heavy atom. The van der Waals surface area contributed by atoms with Crippen molar-refractivity contribution in [1.29, 1.82) is 0 Å². The lowest BCUT2D eigenvalue weighted by Crippen LogP contribution is -2.28. The van der Waals surface area contributed by atoms with Crippen molar-refractivity contribution in [3.63, 3.8) is 0 Å². The Balaban J connectivity index is 1.51. The van der Waals surface area contributed by atoms with Crippen LogP contribution in [-0.4, -0.2) is 25.3 Å². The molecule has 110 valence electrons. The maximum atomic E-state index is 11.5. The molecule has 1 fully saturated rings. The van der Waals surface area contributed by atoms with Crippen molar-refractivity contribution in [3.8, 4) is 5.75 Å². The summed E-state index contributed by atoms with van der Waals surface area (Å²) in [6.07, 6.45) is 7.12. The number of ether oxygens (including phenoxy) is 2. The van der Waals surface area contributed by atoms with Crippen LogP contribution < -0.4 is 10.1 Å². The zero-order chi connectivity index (χ0) is 14.0. The number of carbonyl (C=O) groups is 1. The Labute approximate surface area is 120 Å². The Morgan fingerprint density at radius 1 is 1.15 bits per heavy atom. The standard InChI is InChI=1S/C16H23NO3/c18-16(20-15-10-5-2-6-11-15)17-12-7-13-19-14-8-3-1-4-9-14/h2,5-6,10-11,14H,1,3-4,7-9,12-13H2,(H,17,18). The van der Waals surface area contributed by atoms with E-state index in [-0.39, 0.29) is 0 Å². The molecule has 0 atom stereocenters. The van der Waals surface area contributed by atoms with E-state index in [0.717, 1.165) is 6.42 Å². The minimum absolute atomic E-state index is 0.408. The lowest BCUT2D eigenvalue weighted by molar-refractivity contribution is 0.0274. The molecule has 0 aliphatic heterocycles. The predicted octanol–water partition coefficient (Wildman–Crippen LogP) is 3.51. The molecule has 1 aliphatic rings. The molecule has 0 saturated heterocycles. The van der Waals surface area contributed by atoms with Crippen LogP contribution in [0.3, 0.4) is 0 Å². The summed E-state index contributed by atoms with van der Waals surface area (Å²) >= 11 is 0. The van der Waals surface area contributed by atoms with Gasteiger partial charge in [-0.05, 0) is 31.4 Å². The lowest BCUT2D eigenvalue weighted by Gasteiger charge is -2.21. The van der Waals surface area contributed by atoms with E-state index in [9.17, 15) is 4.79 Å². The topological polar surface area (TPSA) is 47.6 Å². The zero-order valence-electron chi connectivity index (χ0n) is 11.8. The highest BCUT2D eigenvalue weighted by molar-refractivity contribution is 5.70. The van der Waals surface area contributed by atoms with Crippen LogP contribution in [0.1, 0.15) is 38.5 Å². The number of hydrogen-bond acceptors (Lipinski definition) is 3. The van der Waals surface area contributed by atoms with Crippen LogP contribution in [-0.2, 0) is 4.74 Å². The van der Waals surface area contributed by atoms with Gasteiger partial charge in [0.05, 0.1) is 6.10 Å². The van der Waals surface area contributed by atoms with Gasteiger partial charge in [0.15, 0.2) is 0 Å². The van der Waals surface area contributed by atoms with Crippen molar-refractivity contribution in [3.05, 3.63) is 30.3 Å². The predicted molar refractivity (Wildman–Crippen MR) is 77.9 cm³/mol. The molecular formula is C16H23NO3. The summed E-state index contributed by atoms with van der Waals surface area (Å²) in [5.74, 6) is 0.559. The summed E-state index contributed by atoms with van der Waals surface area (Å²) in [7, 11) is 0. The summed E-state index contributed by atoms with van der Waals surface area (Å²) in [6, 6.07) is 9.06. The van der Waals surface area contributed by atoms with Crippen molar-refractivity contribution < 1.29 is 14.3 Å². The third-order valence-electron chi connectivity index (χ3n) is 3.45. The summed E-state index contributed by atoms with van der Waals surface area (Å²) in [5, 5.41) is 2.73. The van der Waals surface area contributed by atoms with E-state index >= 15 is 0 Å². The molecule has 0 unspecified atom stereocenters. The molecule has 0 spiro atoms. The largest absolute Gasteiger partial charge is 0.412 e. The number of benzene rings is 1. The van der Waals surface area contributed by atoms with Crippen molar-refractivity contribution in [2.24, 2.45) is 0 Å². The normalized spacial score (nSPS) is 15.8. The van der Waals surface area contributed by atoms with Crippen molar-refractivity contribution >= 4 is 6.09 Å². The van der Waals surface area contributed by atoms with Gasteiger partial charge in [-0.25, -0.2) is 4.79 Å². The summed E-state index contributed by atoms with van der Waals surface area (Å²) in [6.45, 7) is 1.29. The molecule has 0 heterocycles. The number of amides is 1. The number of carbonyl (C=O) groups excluding carboxylic acids is 1. The van der Waals surface area contributed by atoms with Gasteiger partial charge >= 0.3 is 6.09 Å². The Bertz CT molecular complexity index is 388. The molecule has 1 saturated carbocycles. The fraction of sp³-hybridized carbons (Fsp3) is 0.562. The van der Waals surface area contributed by atoms with Crippen molar-refractivity contribution in [2.75, 3.05) is 13.2 Å². The first-order valence-corrected chi connectivity index (χ1v) is 7.47. The molecule has 2 rings (SSSR count). The van der Waals surface area contributed by atoms with E-state index in [1.165, 1.54) is 32.1 Å². The first-order chi connectivity index (χ1) is 9.84. The highest BCUT2D eigenvalue weighted by Gasteiger charge is 2.13. The Morgan fingerprint density at radius 2 is 1.90 bits per heavy atom. The van der Waals surface area contributed by atoms with Gasteiger partial charge in [-0.15, -0.1) is 0 Å². The SMILES string of the molecule is O=C(NCCCOC1CCCCC1)Oc1ccccc1. The third kappa shape index (κ3) is 5.61. The van der Waals surface area contributed by atoms with E-state index in [1.54, 1.807) is 12.1 Å². The quantitative estimate of drug-likeness (QED) is 0.809. The van der Waals surface area contributed by atoms with Gasteiger partial charge in [0, 0.05) is 13.2 Å². The molecule has 1 N–H and O–H groups in total. The Kier molecular flexibility index (Phi) is 6.38. The van der Waals surface area contributed by atoms with Crippen LogP contribution >= 0.6 is 0 Å². The second-order valence-electron chi connectivity index (χ2n) is 5.11. The lowest BCUT2D eigenvalue weighted by atomic mass is 9.98. The van der Waals surface area contributed by atoms with E-state index in [0.29, 0.717) is 25.0 Å². The molecule has 1 aromatic carbocycles. The van der Waals surface area contributed by atoms with Crippen molar-refractivity contribution in [1.82, 2.24) is 5.32 Å². The highest BCUT2D eigenvalue weighted by atomic mass is 16.6. The zero-order valence-corrected chi connectivity index (χ0v) is 11.8. The number of nitrogens with one attached hydrogen (secondary N) is 1. The van der Waals surface area contributed by atoms with Crippen LogP contribution in [0.2, 0.25) is 0 Å². The molecule has 4 nitrogen and oxygen atoms in total. The van der Waals surface area contributed by atoms with Crippen LogP contribution in [0.5, 0.6) is 5.75 Å². The first-order valence-electron chi connectivity index (χ1n) is 7.47. The molecule has 20 heavy (non-hydrogen) atoms. The van der Waals surface area contributed by atoms with E-state index in [1.807, 2.05) is 18.2 Å². The third-order valence-corrected chi connectivity index (χ3v) is 3.45. The van der Waals surface area contributed by atoms with Gasteiger partial charge in [0.25, 0.3) is 0 Å². The smallest absolute Gasteiger partial charge is 0.410 e. The second kappa shape index (κ2) is 8.59. The molecule has 0 radical (unpaired) electrons. The van der Waals surface area contributed by atoms with E-state index < -0.39 is 6.09 Å². The minimum Gasteiger partial charge on any atom is -0.410 e. The fourth-order valence-electron chi connectivity index (χ4n) is 2.38. The van der Waals surface area contributed by atoms with Crippen LogP contribution in [0.15, 0.2) is 30.3 Å². The molecule has 4 heteroatoms. The van der Waals surface area contributed by atoms with Crippen LogP contribution in [0, 0.1) is 0 Å². The molecule has 1 aliphatic carbocycles. The number of hydrogen-bond donors (Lipinski definition) is 1. The van der Waals surface area contributed by atoms with Crippen molar-refractivity contribution in [2.45, 2.75) is 44.6 Å². The summed E-state index contributed by atoms with van der Waals surface area (Å²) in [4.78, 5) is 11.5. The Hall–Kier alpha value is -1.55. The van der Waals surface area contributed by atoms with Gasteiger partial charge in [0.1, 0.15) is 5.75 Å². The number of rotatable bonds is 6. The average molecular weight is 277 g/mol. The van der Waals surface area contributed by atoms with Gasteiger partial charge in [-0.3, -0.25) is 0 Å². The monoisotopic (exact) mass is 277 g/mol.